The van der Waals surface area contributed by atoms with E-state index < -0.39 is 5.97 Å². The third kappa shape index (κ3) is 3.55. The van der Waals surface area contributed by atoms with Crippen LogP contribution in [0.25, 0.3) is 22.4 Å². The van der Waals surface area contributed by atoms with Gasteiger partial charge in [-0.25, -0.2) is 9.78 Å². The molecule has 1 saturated carbocycles. The standard InChI is InChI=1S/C24H25N5O5/c1-32-19-11-15(23(31)34-3)18(12-20(19)33-2)28-10-9-17-16(22(28)30)13-25-24-26-21(27-29(17)24)14-7-5-4-6-8-14/h9-14H,4-8H2,1-3H3. The van der Waals surface area contributed by atoms with Gasteiger partial charge in [0.25, 0.3) is 11.3 Å². The first-order chi connectivity index (χ1) is 16.5. The molecule has 0 spiro atoms. The number of carbonyl (C=O) groups is 1. The van der Waals surface area contributed by atoms with Crippen molar-refractivity contribution in [3.05, 3.63) is 52.3 Å². The van der Waals surface area contributed by atoms with Crippen molar-refractivity contribution in [1.29, 1.82) is 0 Å². The van der Waals surface area contributed by atoms with Gasteiger partial charge in [-0.1, -0.05) is 19.3 Å². The Hall–Kier alpha value is -3.95. The molecule has 1 aliphatic rings. The number of methoxy groups -OCH3 is 3. The van der Waals surface area contributed by atoms with Crippen LogP contribution in [0.1, 0.15) is 54.2 Å². The van der Waals surface area contributed by atoms with Crippen LogP contribution in [0, 0.1) is 0 Å². The molecule has 176 valence electrons. The maximum Gasteiger partial charge on any atom is 0.340 e. The molecule has 0 unspecified atom stereocenters. The number of hydrogen-bond donors (Lipinski definition) is 0. The van der Waals surface area contributed by atoms with Crippen molar-refractivity contribution >= 4 is 22.6 Å². The molecule has 1 aliphatic carbocycles. The molecule has 3 heterocycles. The van der Waals surface area contributed by atoms with E-state index >= 15 is 0 Å². The normalized spacial score (nSPS) is 14.4. The quantitative estimate of drug-likeness (QED) is 0.415. The molecular formula is C24H25N5O5. The molecule has 0 N–H and O–H groups in total. The fourth-order valence-electron chi connectivity index (χ4n) is 4.60. The Morgan fingerprint density at radius 2 is 1.79 bits per heavy atom. The van der Waals surface area contributed by atoms with Crippen LogP contribution >= 0.6 is 0 Å². The van der Waals surface area contributed by atoms with Crippen molar-refractivity contribution in [2.45, 2.75) is 38.0 Å². The summed E-state index contributed by atoms with van der Waals surface area (Å²) in [6.07, 6.45) is 8.82. The lowest BCUT2D eigenvalue weighted by molar-refractivity contribution is 0.0600. The zero-order chi connectivity index (χ0) is 23.8. The molecule has 3 aromatic heterocycles. The summed E-state index contributed by atoms with van der Waals surface area (Å²) in [5, 5.41) is 5.05. The van der Waals surface area contributed by atoms with E-state index in [0.29, 0.717) is 39.8 Å². The Morgan fingerprint density at radius 1 is 1.06 bits per heavy atom. The van der Waals surface area contributed by atoms with Crippen molar-refractivity contribution in [2.24, 2.45) is 0 Å². The number of pyridine rings is 1. The van der Waals surface area contributed by atoms with E-state index in [0.717, 1.165) is 18.7 Å². The molecule has 0 aliphatic heterocycles. The predicted octanol–water partition coefficient (Wildman–Crippen LogP) is 3.28. The van der Waals surface area contributed by atoms with Crippen LogP contribution in [0.5, 0.6) is 11.5 Å². The number of nitrogens with zero attached hydrogens (tertiary/aromatic N) is 5. The molecule has 1 aromatic carbocycles. The summed E-state index contributed by atoms with van der Waals surface area (Å²) < 4.78 is 18.6. The van der Waals surface area contributed by atoms with E-state index in [1.165, 1.54) is 57.4 Å². The third-order valence-corrected chi connectivity index (χ3v) is 6.39. The summed E-state index contributed by atoms with van der Waals surface area (Å²) in [7, 11) is 4.23. The van der Waals surface area contributed by atoms with E-state index in [1.807, 2.05) is 0 Å². The second-order valence-corrected chi connectivity index (χ2v) is 8.28. The summed E-state index contributed by atoms with van der Waals surface area (Å²) in [5.41, 5.74) is 0.703. The van der Waals surface area contributed by atoms with Gasteiger partial charge in [-0.3, -0.25) is 9.36 Å². The zero-order valence-corrected chi connectivity index (χ0v) is 19.3. The SMILES string of the molecule is COC(=O)c1cc(OC)c(OC)cc1-n1ccc2c(cnc3nc(C4CCCCC4)nn32)c1=O. The second-order valence-electron chi connectivity index (χ2n) is 8.28. The van der Waals surface area contributed by atoms with E-state index in [2.05, 4.69) is 9.97 Å². The summed E-state index contributed by atoms with van der Waals surface area (Å²) in [6, 6.07) is 4.83. The Balaban J connectivity index is 1.68. The van der Waals surface area contributed by atoms with Crippen LogP contribution in [0.2, 0.25) is 0 Å². The average Bonchev–Trinajstić information content (AvgIpc) is 3.33. The van der Waals surface area contributed by atoms with E-state index in [9.17, 15) is 9.59 Å². The van der Waals surface area contributed by atoms with Crippen LogP contribution in [0.4, 0.5) is 0 Å². The van der Waals surface area contributed by atoms with Crippen LogP contribution in [0.15, 0.2) is 35.4 Å². The van der Waals surface area contributed by atoms with E-state index in [4.69, 9.17) is 19.3 Å². The molecule has 4 aromatic rings. The smallest absolute Gasteiger partial charge is 0.340 e. The van der Waals surface area contributed by atoms with Crippen LogP contribution in [-0.4, -0.2) is 51.4 Å². The first kappa shape index (κ1) is 21.9. The molecule has 10 nitrogen and oxygen atoms in total. The van der Waals surface area contributed by atoms with Gasteiger partial charge in [0.2, 0.25) is 0 Å². The van der Waals surface area contributed by atoms with Gasteiger partial charge in [0.15, 0.2) is 17.3 Å². The first-order valence-corrected chi connectivity index (χ1v) is 11.2. The average molecular weight is 463 g/mol. The summed E-state index contributed by atoms with van der Waals surface area (Å²) in [6.45, 7) is 0. The van der Waals surface area contributed by atoms with Crippen LogP contribution < -0.4 is 15.0 Å². The molecule has 0 bridgehead atoms. The van der Waals surface area contributed by atoms with Crippen LogP contribution in [0.3, 0.4) is 0 Å². The van der Waals surface area contributed by atoms with Crippen molar-refractivity contribution in [2.75, 3.05) is 21.3 Å². The van der Waals surface area contributed by atoms with Gasteiger partial charge in [-0.2, -0.15) is 9.50 Å². The van der Waals surface area contributed by atoms with Crippen LogP contribution in [-0.2, 0) is 4.74 Å². The summed E-state index contributed by atoms with van der Waals surface area (Å²) >= 11 is 0. The number of fused-ring (bicyclic) bond motifs is 3. The molecule has 0 atom stereocenters. The van der Waals surface area contributed by atoms with Gasteiger partial charge in [0.1, 0.15) is 0 Å². The molecule has 34 heavy (non-hydrogen) atoms. The number of aromatic nitrogens is 5. The minimum Gasteiger partial charge on any atom is -0.493 e. The fraction of sp³-hybridized carbons (Fsp3) is 0.375. The topological polar surface area (TPSA) is 110 Å². The number of esters is 1. The molecular weight excluding hydrogens is 438 g/mol. The molecule has 0 saturated heterocycles. The third-order valence-electron chi connectivity index (χ3n) is 6.39. The van der Waals surface area contributed by atoms with Crippen molar-refractivity contribution in [3.63, 3.8) is 0 Å². The number of carbonyl (C=O) groups excluding carboxylic acids is 1. The van der Waals surface area contributed by atoms with E-state index in [1.54, 1.807) is 22.8 Å². The van der Waals surface area contributed by atoms with E-state index in [-0.39, 0.29) is 11.1 Å². The lowest BCUT2D eigenvalue weighted by atomic mass is 9.89. The highest BCUT2D eigenvalue weighted by atomic mass is 16.5. The number of ether oxygens (including phenoxy) is 3. The number of benzene rings is 1. The Bertz CT molecular complexity index is 1450. The van der Waals surface area contributed by atoms with Gasteiger partial charge >= 0.3 is 5.97 Å². The fourth-order valence-corrected chi connectivity index (χ4v) is 4.60. The Kier molecular flexibility index (Phi) is 5.64. The molecule has 0 amide bonds. The monoisotopic (exact) mass is 463 g/mol. The lowest BCUT2D eigenvalue weighted by Crippen LogP contribution is -2.21. The van der Waals surface area contributed by atoms with Gasteiger partial charge < -0.3 is 14.2 Å². The molecule has 1 fully saturated rings. The summed E-state index contributed by atoms with van der Waals surface area (Å²) in [4.78, 5) is 35.1. The zero-order valence-electron chi connectivity index (χ0n) is 19.3. The largest absolute Gasteiger partial charge is 0.493 e. The molecule has 0 radical (unpaired) electrons. The lowest BCUT2D eigenvalue weighted by Gasteiger charge is -2.17. The first-order valence-electron chi connectivity index (χ1n) is 11.2. The maximum absolute atomic E-state index is 13.5. The van der Waals surface area contributed by atoms with Gasteiger partial charge in [0.05, 0.1) is 43.5 Å². The summed E-state index contributed by atoms with van der Waals surface area (Å²) in [5.74, 6) is 1.68. The van der Waals surface area contributed by atoms with Gasteiger partial charge in [-0.15, -0.1) is 5.10 Å². The maximum atomic E-state index is 13.5. The number of hydrogen-bond acceptors (Lipinski definition) is 8. The van der Waals surface area contributed by atoms with Crippen molar-refractivity contribution in [1.82, 2.24) is 24.1 Å². The minimum atomic E-state index is -0.607. The molecule has 10 heteroatoms. The van der Waals surface area contributed by atoms with Gasteiger partial charge in [-0.05, 0) is 18.9 Å². The second kappa shape index (κ2) is 8.77. The van der Waals surface area contributed by atoms with Crippen molar-refractivity contribution in [3.8, 4) is 17.2 Å². The Morgan fingerprint density at radius 3 is 2.50 bits per heavy atom. The van der Waals surface area contributed by atoms with Crippen molar-refractivity contribution < 1.29 is 19.0 Å². The Labute approximate surface area is 195 Å². The minimum absolute atomic E-state index is 0.163. The predicted molar refractivity (Wildman–Crippen MR) is 124 cm³/mol. The highest BCUT2D eigenvalue weighted by Gasteiger charge is 2.23. The molecule has 5 rings (SSSR count). The highest BCUT2D eigenvalue weighted by Crippen LogP contribution is 2.33. The van der Waals surface area contributed by atoms with Gasteiger partial charge in [0, 0.05) is 30.4 Å². The number of rotatable bonds is 5. The highest BCUT2D eigenvalue weighted by molar-refractivity contribution is 5.95.